The van der Waals surface area contributed by atoms with Crippen molar-refractivity contribution in [2.24, 2.45) is 5.10 Å². The second-order valence-electron chi connectivity index (χ2n) is 5.79. The summed E-state index contributed by atoms with van der Waals surface area (Å²) in [5.41, 5.74) is 1.87. The Balaban J connectivity index is 2.23. The van der Waals surface area contributed by atoms with E-state index >= 15 is 0 Å². The molecule has 28 heavy (non-hydrogen) atoms. The molecule has 0 saturated carbocycles. The normalized spacial score (nSPS) is 10.8. The van der Waals surface area contributed by atoms with E-state index in [4.69, 9.17) is 4.74 Å². The van der Waals surface area contributed by atoms with E-state index in [0.717, 1.165) is 0 Å². The Kier molecular flexibility index (Phi) is 6.86. The molecule has 0 heterocycles. The Morgan fingerprint density at radius 1 is 1.18 bits per heavy atom. The van der Waals surface area contributed by atoms with Crippen LogP contribution in [0.2, 0.25) is 0 Å². The van der Waals surface area contributed by atoms with Gasteiger partial charge in [0.05, 0.1) is 12.8 Å². The predicted octanol–water partition coefficient (Wildman–Crippen LogP) is 4.36. The predicted molar refractivity (Wildman–Crippen MR) is 108 cm³/mol. The number of urea groups is 1. The molecule has 0 fully saturated rings. The number of ether oxygens (including phenoxy) is 1. The number of carbonyl (C=O) groups is 2. The minimum atomic E-state index is -0.516. The number of methoxy groups -OCH3 is 1. The topological polar surface area (TPSA) is 83.0 Å². The molecule has 0 unspecified atom stereocenters. The van der Waals surface area contributed by atoms with Gasteiger partial charge in [-0.15, -0.1) is 0 Å². The highest BCUT2D eigenvalue weighted by atomic mass is 19.1. The molecule has 0 aromatic heterocycles. The molecule has 0 saturated heterocycles. The number of carbonyl (C=O) groups excluding carboxylic acids is 2. The van der Waals surface area contributed by atoms with E-state index in [1.54, 1.807) is 42.5 Å². The van der Waals surface area contributed by atoms with Gasteiger partial charge in [-0.1, -0.05) is 12.1 Å². The van der Waals surface area contributed by atoms with E-state index in [1.807, 2.05) is 0 Å². The molecular weight excluding hydrogens is 363 g/mol. The number of nitrogens with one attached hydrogen (secondary N) is 2. The van der Waals surface area contributed by atoms with Crippen molar-refractivity contribution in [2.45, 2.75) is 6.92 Å². The molecule has 0 radical (unpaired) electrons. The number of hydrazone groups is 1. The summed E-state index contributed by atoms with van der Waals surface area (Å²) < 4.78 is 18.7. The monoisotopic (exact) mass is 384 g/mol. The van der Waals surface area contributed by atoms with Gasteiger partial charge in [0, 0.05) is 36.3 Å². The summed E-state index contributed by atoms with van der Waals surface area (Å²) in [5, 5.41) is 10.2. The Labute approximate surface area is 162 Å². The maximum Gasteiger partial charge on any atom is 0.323 e. The van der Waals surface area contributed by atoms with Crippen molar-refractivity contribution in [1.29, 1.82) is 0 Å². The van der Waals surface area contributed by atoms with E-state index in [2.05, 4.69) is 22.5 Å². The highest BCUT2D eigenvalue weighted by Gasteiger charge is 2.15. The molecule has 2 aromatic carbocycles. The van der Waals surface area contributed by atoms with Crippen molar-refractivity contribution < 1.29 is 18.7 Å². The molecule has 0 atom stereocenters. The molecule has 0 spiro atoms. The summed E-state index contributed by atoms with van der Waals surface area (Å²) in [6, 6.07) is 10.8. The Bertz CT molecular complexity index is 927. The third-order valence-corrected chi connectivity index (χ3v) is 3.92. The Morgan fingerprint density at radius 3 is 2.43 bits per heavy atom. The standard InChI is InChI=1S/C20H21FN4O3/c1-13(26)14-6-5-7-15(10-14)23-20(27)24-16-8-9-19(28-4)17(11-16)18(12-21)25(3)22-2/h5-12H,2H2,1,3-4H3,(H2,23,24,27)/b18-12+. The number of benzene rings is 2. The van der Waals surface area contributed by atoms with Crippen LogP contribution in [0.4, 0.5) is 20.6 Å². The van der Waals surface area contributed by atoms with Crippen molar-refractivity contribution >= 4 is 35.6 Å². The fourth-order valence-corrected chi connectivity index (χ4v) is 2.48. The summed E-state index contributed by atoms with van der Waals surface area (Å²) in [6.07, 6.45) is 0.379. The lowest BCUT2D eigenvalue weighted by Crippen LogP contribution is -2.20. The van der Waals surface area contributed by atoms with Crippen molar-refractivity contribution in [3.05, 3.63) is 59.9 Å². The smallest absolute Gasteiger partial charge is 0.323 e. The molecule has 0 bridgehead atoms. The molecular formula is C20H21FN4O3. The van der Waals surface area contributed by atoms with Crippen LogP contribution in [0.15, 0.2) is 53.9 Å². The fraction of sp³-hybridized carbons (Fsp3) is 0.150. The third-order valence-electron chi connectivity index (χ3n) is 3.92. The quantitative estimate of drug-likeness (QED) is 0.422. The Hall–Kier alpha value is -3.68. The van der Waals surface area contributed by atoms with Gasteiger partial charge in [-0.25, -0.2) is 9.18 Å². The van der Waals surface area contributed by atoms with Crippen molar-refractivity contribution in [2.75, 3.05) is 24.8 Å². The first-order valence-corrected chi connectivity index (χ1v) is 8.27. The number of rotatable bonds is 7. The number of anilines is 2. The number of Topliss-reactive ketones (excluding diaryl/α,β-unsaturated/α-hetero) is 1. The summed E-state index contributed by atoms with van der Waals surface area (Å²) in [5.74, 6) is 0.300. The van der Waals surface area contributed by atoms with Crippen LogP contribution in [0.3, 0.4) is 0 Å². The van der Waals surface area contributed by atoms with Gasteiger partial charge in [-0.3, -0.25) is 9.80 Å². The molecule has 0 aliphatic rings. The van der Waals surface area contributed by atoms with Gasteiger partial charge in [0.1, 0.15) is 12.1 Å². The lowest BCUT2D eigenvalue weighted by Gasteiger charge is -2.19. The van der Waals surface area contributed by atoms with Crippen LogP contribution in [0.5, 0.6) is 5.75 Å². The van der Waals surface area contributed by atoms with E-state index in [-0.39, 0.29) is 11.5 Å². The lowest BCUT2D eigenvalue weighted by atomic mass is 10.1. The van der Waals surface area contributed by atoms with Gasteiger partial charge in [0.2, 0.25) is 0 Å². The van der Waals surface area contributed by atoms with Gasteiger partial charge in [0.25, 0.3) is 0 Å². The van der Waals surface area contributed by atoms with Crippen LogP contribution >= 0.6 is 0 Å². The summed E-state index contributed by atoms with van der Waals surface area (Å²) >= 11 is 0. The van der Waals surface area contributed by atoms with Gasteiger partial charge in [-0.2, -0.15) is 5.10 Å². The largest absolute Gasteiger partial charge is 0.496 e. The zero-order valence-corrected chi connectivity index (χ0v) is 15.8. The maximum atomic E-state index is 13.4. The minimum Gasteiger partial charge on any atom is -0.496 e. The number of halogens is 1. The van der Waals surface area contributed by atoms with Crippen LogP contribution < -0.4 is 15.4 Å². The average molecular weight is 384 g/mol. The second-order valence-corrected chi connectivity index (χ2v) is 5.79. The zero-order chi connectivity index (χ0) is 20.7. The molecule has 7 nitrogen and oxygen atoms in total. The van der Waals surface area contributed by atoms with Gasteiger partial charge < -0.3 is 15.4 Å². The lowest BCUT2D eigenvalue weighted by molar-refractivity contribution is 0.101. The van der Waals surface area contributed by atoms with Crippen LogP contribution in [-0.2, 0) is 0 Å². The van der Waals surface area contributed by atoms with Gasteiger partial charge in [-0.05, 0) is 37.3 Å². The van der Waals surface area contributed by atoms with Crippen LogP contribution in [0.1, 0.15) is 22.8 Å². The number of hydrogen-bond acceptors (Lipinski definition) is 5. The summed E-state index contributed by atoms with van der Waals surface area (Å²) in [4.78, 5) is 23.7. The first-order valence-electron chi connectivity index (χ1n) is 8.27. The van der Waals surface area contributed by atoms with Gasteiger partial charge >= 0.3 is 6.03 Å². The van der Waals surface area contributed by atoms with E-state index in [9.17, 15) is 14.0 Å². The minimum absolute atomic E-state index is 0.102. The average Bonchev–Trinajstić information content (AvgIpc) is 2.68. The molecule has 2 rings (SSSR count). The van der Waals surface area contributed by atoms with Crippen LogP contribution in [-0.4, -0.2) is 37.7 Å². The zero-order valence-electron chi connectivity index (χ0n) is 15.8. The molecule has 2 aromatic rings. The van der Waals surface area contributed by atoms with Crippen molar-refractivity contribution in [3.63, 3.8) is 0 Å². The molecule has 2 N–H and O–H groups in total. The second kappa shape index (κ2) is 9.31. The SMILES string of the molecule is C=NN(C)/C(=C/F)c1cc(NC(=O)Nc2cccc(C(C)=O)c2)ccc1OC. The van der Waals surface area contributed by atoms with Gasteiger partial charge in [0.15, 0.2) is 5.78 Å². The first kappa shape index (κ1) is 20.6. The van der Waals surface area contributed by atoms with Crippen LogP contribution in [0.25, 0.3) is 5.70 Å². The molecule has 0 aliphatic heterocycles. The fourth-order valence-electron chi connectivity index (χ4n) is 2.48. The van der Waals surface area contributed by atoms with E-state index in [1.165, 1.54) is 26.1 Å². The molecule has 0 aliphatic carbocycles. The number of amides is 2. The molecule has 2 amide bonds. The van der Waals surface area contributed by atoms with E-state index < -0.39 is 6.03 Å². The highest BCUT2D eigenvalue weighted by Crippen LogP contribution is 2.31. The summed E-state index contributed by atoms with van der Waals surface area (Å²) in [6.45, 7) is 4.82. The molecule has 146 valence electrons. The van der Waals surface area contributed by atoms with E-state index in [0.29, 0.717) is 34.6 Å². The highest BCUT2D eigenvalue weighted by molar-refractivity contribution is 6.01. The third kappa shape index (κ3) is 4.94. The van der Waals surface area contributed by atoms with Crippen molar-refractivity contribution in [1.82, 2.24) is 5.01 Å². The number of ketones is 1. The van der Waals surface area contributed by atoms with Crippen molar-refractivity contribution in [3.8, 4) is 5.75 Å². The summed E-state index contributed by atoms with van der Waals surface area (Å²) in [7, 11) is 2.99. The first-order chi connectivity index (χ1) is 13.4. The maximum absolute atomic E-state index is 13.4. The number of nitrogens with zero attached hydrogens (tertiary/aromatic N) is 2. The number of hydrogen-bond donors (Lipinski definition) is 2. The Morgan fingerprint density at radius 2 is 1.86 bits per heavy atom. The van der Waals surface area contributed by atoms with Crippen LogP contribution in [0, 0.1) is 0 Å². The molecule has 8 heteroatoms.